The van der Waals surface area contributed by atoms with Gasteiger partial charge >= 0.3 is 0 Å². The summed E-state index contributed by atoms with van der Waals surface area (Å²) < 4.78 is 0. The highest BCUT2D eigenvalue weighted by atomic mass is 35.5. The maximum absolute atomic E-state index is 10.7. The van der Waals surface area contributed by atoms with Gasteiger partial charge in [0.15, 0.2) is 0 Å². The zero-order valence-corrected chi connectivity index (χ0v) is 11.7. The van der Waals surface area contributed by atoms with Crippen LogP contribution < -0.4 is 4.90 Å². The van der Waals surface area contributed by atoms with E-state index < -0.39 is 0 Å². The average Bonchev–Trinajstić information content (AvgIpc) is 2.30. The van der Waals surface area contributed by atoms with E-state index in [9.17, 15) is 10.1 Å². The molecule has 1 saturated heterocycles. The highest BCUT2D eigenvalue weighted by molar-refractivity contribution is 5.85. The van der Waals surface area contributed by atoms with E-state index in [1.807, 2.05) is 6.07 Å². The Balaban J connectivity index is 0.00000144. The zero-order valence-electron chi connectivity index (χ0n) is 10.1. The zero-order chi connectivity index (χ0) is 11.5. The molecule has 0 saturated carbocycles. The number of piperazine rings is 1. The lowest BCUT2D eigenvalue weighted by Crippen LogP contribution is -2.44. The molecule has 5 nitrogen and oxygen atoms in total. The molecule has 0 bridgehead atoms. The topological polar surface area (TPSA) is 49.6 Å². The summed E-state index contributed by atoms with van der Waals surface area (Å²) >= 11 is 0. The Morgan fingerprint density at radius 2 is 1.78 bits per heavy atom. The summed E-state index contributed by atoms with van der Waals surface area (Å²) in [7, 11) is 2.09. The van der Waals surface area contributed by atoms with Crippen LogP contribution in [0, 0.1) is 10.1 Å². The van der Waals surface area contributed by atoms with Gasteiger partial charge in [0.1, 0.15) is 0 Å². The van der Waals surface area contributed by atoms with Crippen molar-refractivity contribution in [1.82, 2.24) is 4.90 Å². The van der Waals surface area contributed by atoms with Crippen LogP contribution in [0.1, 0.15) is 0 Å². The predicted molar refractivity (Wildman–Crippen MR) is 77.3 cm³/mol. The molecular weight excluding hydrogens is 277 g/mol. The summed E-state index contributed by atoms with van der Waals surface area (Å²) in [4.78, 5) is 14.8. The number of benzene rings is 1. The van der Waals surface area contributed by atoms with Gasteiger partial charge in [-0.05, 0) is 13.1 Å². The Labute approximate surface area is 119 Å². The van der Waals surface area contributed by atoms with Crippen molar-refractivity contribution in [2.24, 2.45) is 0 Å². The van der Waals surface area contributed by atoms with Crippen LogP contribution in [0.25, 0.3) is 0 Å². The molecule has 7 heteroatoms. The lowest BCUT2D eigenvalue weighted by atomic mass is 10.2. The van der Waals surface area contributed by atoms with E-state index in [0.29, 0.717) is 0 Å². The fraction of sp³-hybridized carbons (Fsp3) is 0.455. The van der Waals surface area contributed by atoms with Crippen LogP contribution in [0.5, 0.6) is 0 Å². The third-order valence-corrected chi connectivity index (χ3v) is 2.91. The smallest absolute Gasteiger partial charge is 0.271 e. The van der Waals surface area contributed by atoms with Crippen LogP contribution in [0.4, 0.5) is 11.4 Å². The van der Waals surface area contributed by atoms with Crippen LogP contribution in [0.15, 0.2) is 24.3 Å². The molecule has 1 fully saturated rings. The van der Waals surface area contributed by atoms with Crippen molar-refractivity contribution in [3.05, 3.63) is 34.4 Å². The van der Waals surface area contributed by atoms with Gasteiger partial charge in [0.2, 0.25) is 0 Å². The lowest BCUT2D eigenvalue weighted by Gasteiger charge is -2.33. The van der Waals surface area contributed by atoms with Gasteiger partial charge in [0.25, 0.3) is 5.69 Å². The number of hydrogen-bond donors (Lipinski definition) is 0. The number of anilines is 1. The van der Waals surface area contributed by atoms with E-state index in [1.165, 1.54) is 6.07 Å². The molecule has 0 aromatic heterocycles. The monoisotopic (exact) mass is 293 g/mol. The normalized spacial score (nSPS) is 15.5. The van der Waals surface area contributed by atoms with Crippen molar-refractivity contribution in [2.75, 3.05) is 38.1 Å². The molecule has 0 amide bonds. The highest BCUT2D eigenvalue weighted by Gasteiger charge is 2.16. The third-order valence-electron chi connectivity index (χ3n) is 2.91. The van der Waals surface area contributed by atoms with Gasteiger partial charge in [0.05, 0.1) is 4.92 Å². The van der Waals surface area contributed by atoms with Crippen molar-refractivity contribution in [2.45, 2.75) is 0 Å². The van der Waals surface area contributed by atoms with Crippen molar-refractivity contribution in [1.29, 1.82) is 0 Å². The summed E-state index contributed by atoms with van der Waals surface area (Å²) in [6.45, 7) is 3.86. The van der Waals surface area contributed by atoms with Gasteiger partial charge < -0.3 is 9.80 Å². The second-order valence-corrected chi connectivity index (χ2v) is 4.07. The molecule has 0 atom stereocenters. The number of nitrogens with zero attached hydrogens (tertiary/aromatic N) is 3. The molecule has 0 N–H and O–H groups in total. The number of halogens is 2. The molecule has 0 radical (unpaired) electrons. The molecule has 0 aliphatic carbocycles. The van der Waals surface area contributed by atoms with E-state index in [4.69, 9.17) is 0 Å². The largest absolute Gasteiger partial charge is 0.369 e. The molecule has 0 spiro atoms. The maximum Gasteiger partial charge on any atom is 0.271 e. The SMILES string of the molecule is CN1CCN(c2cccc([N+](=O)[O-])c2)CC1.Cl.Cl. The van der Waals surface area contributed by atoms with Crippen LogP contribution in [0.3, 0.4) is 0 Å². The first-order valence-electron chi connectivity index (χ1n) is 5.35. The molecule has 2 rings (SSSR count). The van der Waals surface area contributed by atoms with E-state index in [0.717, 1.165) is 31.9 Å². The van der Waals surface area contributed by atoms with Crippen molar-refractivity contribution >= 4 is 36.2 Å². The Hall–Kier alpha value is -1.04. The predicted octanol–water partition coefficient (Wildman–Crippen LogP) is 2.19. The van der Waals surface area contributed by atoms with E-state index in [1.54, 1.807) is 12.1 Å². The Kier molecular flexibility index (Phi) is 6.98. The van der Waals surface area contributed by atoms with Crippen LogP contribution in [0.2, 0.25) is 0 Å². The summed E-state index contributed by atoms with van der Waals surface area (Å²) in [5.41, 5.74) is 1.11. The van der Waals surface area contributed by atoms with Crippen LogP contribution >= 0.6 is 24.8 Å². The molecule has 0 unspecified atom stereocenters. The maximum atomic E-state index is 10.7. The number of nitro groups is 1. The first-order chi connectivity index (χ1) is 7.66. The third kappa shape index (κ3) is 4.01. The molecule has 1 heterocycles. The minimum absolute atomic E-state index is 0. The average molecular weight is 294 g/mol. The second kappa shape index (κ2) is 7.41. The first-order valence-corrected chi connectivity index (χ1v) is 5.35. The first kappa shape index (κ1) is 17.0. The lowest BCUT2D eigenvalue weighted by molar-refractivity contribution is -0.384. The van der Waals surface area contributed by atoms with Gasteiger partial charge in [-0.15, -0.1) is 24.8 Å². The molecule has 1 aliphatic heterocycles. The van der Waals surface area contributed by atoms with Gasteiger partial charge in [0, 0.05) is 44.0 Å². The fourth-order valence-electron chi connectivity index (χ4n) is 1.87. The Morgan fingerprint density at radius 3 is 2.33 bits per heavy atom. The van der Waals surface area contributed by atoms with Crippen LogP contribution in [-0.2, 0) is 0 Å². The van der Waals surface area contributed by atoms with Crippen molar-refractivity contribution < 1.29 is 4.92 Å². The van der Waals surface area contributed by atoms with Gasteiger partial charge in [-0.2, -0.15) is 0 Å². The minimum atomic E-state index is -0.348. The quantitative estimate of drug-likeness (QED) is 0.620. The molecule has 1 aromatic carbocycles. The minimum Gasteiger partial charge on any atom is -0.369 e. The number of non-ortho nitro benzene ring substituents is 1. The number of rotatable bonds is 2. The highest BCUT2D eigenvalue weighted by Crippen LogP contribution is 2.21. The summed E-state index contributed by atoms with van der Waals surface area (Å²) in [6, 6.07) is 6.84. The van der Waals surface area contributed by atoms with E-state index in [2.05, 4.69) is 16.8 Å². The molecule has 18 heavy (non-hydrogen) atoms. The summed E-state index contributed by atoms with van der Waals surface area (Å²) in [6.07, 6.45) is 0. The molecular formula is C11H17Cl2N3O2. The van der Waals surface area contributed by atoms with Gasteiger partial charge in [-0.25, -0.2) is 0 Å². The van der Waals surface area contributed by atoms with Gasteiger partial charge in [-0.3, -0.25) is 10.1 Å². The number of nitro benzene ring substituents is 1. The van der Waals surface area contributed by atoms with Crippen LogP contribution in [-0.4, -0.2) is 43.0 Å². The summed E-state index contributed by atoms with van der Waals surface area (Å²) in [5, 5.41) is 10.7. The Morgan fingerprint density at radius 1 is 1.17 bits per heavy atom. The number of likely N-dealkylation sites (N-methyl/N-ethyl adjacent to an activating group) is 1. The molecule has 1 aliphatic rings. The standard InChI is InChI=1S/C11H15N3O2.2ClH/c1-12-5-7-13(8-6-12)10-3-2-4-11(9-10)14(15)16;;/h2-4,9H,5-8H2,1H3;2*1H. The molecule has 102 valence electrons. The van der Waals surface area contributed by atoms with Crippen molar-refractivity contribution in [3.63, 3.8) is 0 Å². The van der Waals surface area contributed by atoms with Gasteiger partial charge in [-0.1, -0.05) is 6.07 Å². The van der Waals surface area contributed by atoms with Crippen molar-refractivity contribution in [3.8, 4) is 0 Å². The molecule has 1 aromatic rings. The Bertz CT molecular complexity index is 396. The summed E-state index contributed by atoms with van der Waals surface area (Å²) in [5.74, 6) is 0. The fourth-order valence-corrected chi connectivity index (χ4v) is 1.87. The van der Waals surface area contributed by atoms with E-state index >= 15 is 0 Å². The number of hydrogen-bond acceptors (Lipinski definition) is 4. The second-order valence-electron chi connectivity index (χ2n) is 4.07. The van der Waals surface area contributed by atoms with E-state index in [-0.39, 0.29) is 35.4 Å².